The normalized spacial score (nSPS) is 45.0. The number of hydrogen-bond acceptors (Lipinski definition) is 3. The van der Waals surface area contributed by atoms with Gasteiger partial charge in [0.15, 0.2) is 0 Å². The highest BCUT2D eigenvalue weighted by molar-refractivity contribution is 5.52. The van der Waals surface area contributed by atoms with Crippen molar-refractivity contribution in [1.82, 2.24) is 9.80 Å². The summed E-state index contributed by atoms with van der Waals surface area (Å²) in [6.07, 6.45) is 52.2. The molecule has 1 heterocycles. The van der Waals surface area contributed by atoms with Crippen molar-refractivity contribution in [3.63, 3.8) is 0 Å². The maximum Gasteiger partial charge on any atom is 0.395 e. The number of alkyl halides is 4. The first-order valence-electron chi connectivity index (χ1n) is 30.4. The van der Waals surface area contributed by atoms with Crippen LogP contribution in [0.15, 0.2) is 83.7 Å². The molecule has 14 unspecified atom stereocenters. The average Bonchev–Trinajstić information content (AvgIpc) is 3.90. The quantitative estimate of drug-likeness (QED) is 0.160. The van der Waals surface area contributed by atoms with Gasteiger partial charge in [0.1, 0.15) is 6.17 Å². The van der Waals surface area contributed by atoms with Gasteiger partial charge in [-0.25, -0.2) is 4.39 Å². The molecule has 0 bridgehead atoms. The molecule has 12 aliphatic rings. The zero-order chi connectivity index (χ0) is 48.3. The van der Waals surface area contributed by atoms with Crippen LogP contribution in [-0.4, -0.2) is 64.6 Å². The number of nitrogens with zero attached hydrogens (tertiary/aromatic N) is 2. The Kier molecular flexibility index (Phi) is 14.6. The molecule has 0 N–H and O–H groups in total. The van der Waals surface area contributed by atoms with Crippen LogP contribution in [0.1, 0.15) is 199 Å². The number of fused-ring (bicyclic) bond motifs is 5. The highest BCUT2D eigenvalue weighted by Gasteiger charge is 2.60. The van der Waals surface area contributed by atoms with Gasteiger partial charge in [-0.05, 0) is 226 Å². The molecule has 0 aromatic heterocycles. The summed E-state index contributed by atoms with van der Waals surface area (Å²) in [5.41, 5.74) is 6.51. The van der Waals surface area contributed by atoms with Crippen molar-refractivity contribution in [2.24, 2.45) is 58.7 Å². The molecule has 6 fully saturated rings. The molecular weight excluding hydrogens is 889 g/mol. The standard InChI is InChI=1S/C64H90F4N2O/c1-2-42-16-34-53(35-17-42)71-54-36-23-46(24-37-54)63(45-10-4-3-5-11-45)59-14-8-6-12-55(59)56-38-33-52(41-60(56)63)69(50-29-21-47(22-30-50)64(66,67)68)49-27-18-43(19-28-49)44-20-39-62-58(40-44)57-13-7-9-15-61(57)70(62)51-31-25-48(65)26-32-51/h2,4,10,21,23,27,29,33,38,42-45,47-48,50-55,57-59,61-62H,1,3,5-9,11-20,22,24-26,28,30-32,34-37,39-41H2. The second-order valence-corrected chi connectivity index (χ2v) is 25.9. The summed E-state index contributed by atoms with van der Waals surface area (Å²) in [6.45, 7) is 4.08. The van der Waals surface area contributed by atoms with Gasteiger partial charge in [0.2, 0.25) is 0 Å². The third kappa shape index (κ3) is 9.44. The van der Waals surface area contributed by atoms with Gasteiger partial charge in [-0.3, -0.25) is 4.90 Å². The van der Waals surface area contributed by atoms with Crippen LogP contribution in [0.5, 0.6) is 0 Å². The summed E-state index contributed by atoms with van der Waals surface area (Å²) in [6, 6.07) is 2.13. The van der Waals surface area contributed by atoms with Gasteiger partial charge < -0.3 is 9.64 Å². The van der Waals surface area contributed by atoms with Crippen LogP contribution >= 0.6 is 0 Å². The fourth-order valence-electron chi connectivity index (χ4n) is 19.4. The van der Waals surface area contributed by atoms with Gasteiger partial charge in [0.05, 0.1) is 24.2 Å². The van der Waals surface area contributed by atoms with Crippen molar-refractivity contribution in [3.8, 4) is 0 Å². The first-order valence-corrected chi connectivity index (χ1v) is 30.4. The van der Waals surface area contributed by atoms with E-state index in [2.05, 4.69) is 58.9 Å². The predicted octanol–water partition coefficient (Wildman–Crippen LogP) is 16.8. The molecule has 0 aromatic carbocycles. The van der Waals surface area contributed by atoms with Crippen LogP contribution in [0.25, 0.3) is 0 Å². The average molecular weight is 979 g/mol. The van der Waals surface area contributed by atoms with E-state index in [1.165, 1.54) is 121 Å². The van der Waals surface area contributed by atoms with Gasteiger partial charge in [0, 0.05) is 35.3 Å². The van der Waals surface area contributed by atoms with E-state index in [1.54, 1.807) is 16.7 Å². The topological polar surface area (TPSA) is 15.7 Å². The smallest absolute Gasteiger partial charge is 0.375 e. The van der Waals surface area contributed by atoms with E-state index >= 15 is 0 Å². The molecule has 0 spiro atoms. The van der Waals surface area contributed by atoms with Crippen molar-refractivity contribution in [1.29, 1.82) is 0 Å². The van der Waals surface area contributed by atoms with Crippen LogP contribution in [0.4, 0.5) is 17.6 Å². The monoisotopic (exact) mass is 979 g/mol. The van der Waals surface area contributed by atoms with Gasteiger partial charge in [-0.1, -0.05) is 91.5 Å². The zero-order valence-corrected chi connectivity index (χ0v) is 43.5. The van der Waals surface area contributed by atoms with Crippen molar-refractivity contribution >= 4 is 0 Å². The minimum absolute atomic E-state index is 0.0213. The molecule has 11 aliphatic carbocycles. The minimum atomic E-state index is -4.19. The Labute approximate surface area is 426 Å². The van der Waals surface area contributed by atoms with E-state index in [1.807, 2.05) is 6.08 Å². The van der Waals surface area contributed by atoms with Crippen LogP contribution in [0.3, 0.4) is 0 Å². The number of hydrogen-bond donors (Lipinski definition) is 0. The Hall–Kier alpha value is -2.38. The fraction of sp³-hybridized carbons (Fsp3) is 0.781. The zero-order valence-electron chi connectivity index (χ0n) is 43.5. The first-order chi connectivity index (χ1) is 34.7. The van der Waals surface area contributed by atoms with E-state index < -0.39 is 18.3 Å². The SMILES string of the molecule is C=CC1CCC(OC2CC=C(C3(C4C=CCCC4)C4=C(C=CC(N(C5=CCC(C6CCC7C(C6)C6CCCCC6N7C6CCC(F)CC6)CC5)C5C=CC(C(F)(F)F)CC5)C4)C4CCCCC43)CC2)CC1. The molecule has 5 saturated carbocycles. The first kappa shape index (κ1) is 49.5. The van der Waals surface area contributed by atoms with E-state index in [9.17, 15) is 17.6 Å². The Balaban J connectivity index is 0.818. The molecule has 14 atom stereocenters. The molecule has 390 valence electrons. The number of halogens is 4. The Morgan fingerprint density at radius 1 is 0.676 bits per heavy atom. The van der Waals surface area contributed by atoms with E-state index in [0.717, 1.165) is 101 Å². The second-order valence-electron chi connectivity index (χ2n) is 25.9. The summed E-state index contributed by atoms with van der Waals surface area (Å²) in [5, 5.41) is 0. The van der Waals surface area contributed by atoms with E-state index in [-0.39, 0.29) is 23.9 Å². The molecule has 0 radical (unpaired) electrons. The molecule has 12 rings (SSSR count). The minimum Gasteiger partial charge on any atom is -0.375 e. The lowest BCUT2D eigenvalue weighted by molar-refractivity contribution is -0.164. The molecule has 0 aromatic rings. The Morgan fingerprint density at radius 3 is 2.23 bits per heavy atom. The summed E-state index contributed by atoms with van der Waals surface area (Å²) in [5.74, 6) is 4.07. The fourth-order valence-corrected chi connectivity index (χ4v) is 19.4. The molecule has 3 nitrogen and oxygen atoms in total. The van der Waals surface area contributed by atoms with Gasteiger partial charge in [-0.2, -0.15) is 13.2 Å². The molecule has 71 heavy (non-hydrogen) atoms. The summed E-state index contributed by atoms with van der Waals surface area (Å²) < 4.78 is 64.1. The lowest BCUT2D eigenvalue weighted by Crippen LogP contribution is -2.49. The van der Waals surface area contributed by atoms with Crippen LogP contribution in [-0.2, 0) is 4.74 Å². The Bertz CT molecular complexity index is 2080. The molecular formula is C64H90F4N2O. The van der Waals surface area contributed by atoms with Crippen molar-refractivity contribution < 1.29 is 22.3 Å². The highest BCUT2D eigenvalue weighted by atomic mass is 19.4. The van der Waals surface area contributed by atoms with Crippen LogP contribution in [0, 0.1) is 58.7 Å². The van der Waals surface area contributed by atoms with Crippen LogP contribution in [0.2, 0.25) is 0 Å². The number of likely N-dealkylation sites (tertiary alicyclic amines) is 1. The summed E-state index contributed by atoms with van der Waals surface area (Å²) >= 11 is 0. The lowest BCUT2D eigenvalue weighted by Gasteiger charge is -2.52. The largest absolute Gasteiger partial charge is 0.395 e. The number of allylic oxidation sites excluding steroid dienone is 9. The van der Waals surface area contributed by atoms with Gasteiger partial charge in [-0.15, -0.1) is 6.58 Å². The maximum absolute atomic E-state index is 14.4. The Morgan fingerprint density at radius 2 is 1.49 bits per heavy atom. The predicted molar refractivity (Wildman–Crippen MR) is 280 cm³/mol. The van der Waals surface area contributed by atoms with E-state index in [4.69, 9.17) is 4.74 Å². The molecule has 0 amide bonds. The van der Waals surface area contributed by atoms with Gasteiger partial charge >= 0.3 is 6.18 Å². The molecule has 1 saturated heterocycles. The molecule has 1 aliphatic heterocycles. The van der Waals surface area contributed by atoms with Crippen molar-refractivity contribution in [3.05, 3.63) is 83.7 Å². The summed E-state index contributed by atoms with van der Waals surface area (Å²) in [4.78, 5) is 5.71. The van der Waals surface area contributed by atoms with Crippen molar-refractivity contribution in [2.45, 2.75) is 254 Å². The third-order valence-corrected chi connectivity index (χ3v) is 22.6. The lowest BCUT2D eigenvalue weighted by atomic mass is 9.53. The number of ether oxygens (including phenoxy) is 1. The van der Waals surface area contributed by atoms with E-state index in [0.29, 0.717) is 60.3 Å². The summed E-state index contributed by atoms with van der Waals surface area (Å²) in [7, 11) is 0. The second kappa shape index (κ2) is 21.0. The van der Waals surface area contributed by atoms with Crippen molar-refractivity contribution in [2.75, 3.05) is 0 Å². The third-order valence-electron chi connectivity index (χ3n) is 22.6. The van der Waals surface area contributed by atoms with Gasteiger partial charge in [0.25, 0.3) is 0 Å². The maximum atomic E-state index is 14.4. The van der Waals surface area contributed by atoms with Crippen LogP contribution < -0.4 is 0 Å². The number of rotatable bonds is 10. The highest BCUT2D eigenvalue weighted by Crippen LogP contribution is 2.68. The molecule has 7 heteroatoms.